The minimum absolute atomic E-state index is 0.112. The molecule has 1 aliphatic carbocycles. The van der Waals surface area contributed by atoms with Crippen molar-refractivity contribution in [2.24, 2.45) is 0 Å². The quantitative estimate of drug-likeness (QED) is 0.667. The number of ketones is 1. The Morgan fingerprint density at radius 3 is 2.58 bits per heavy atom. The number of phenols is 1. The van der Waals surface area contributed by atoms with Crippen molar-refractivity contribution < 1.29 is 19.4 Å². The second kappa shape index (κ2) is 7.46. The maximum atomic E-state index is 13.0. The van der Waals surface area contributed by atoms with Crippen LogP contribution in [-0.4, -0.2) is 39.9 Å². The number of hydrogen-bond acceptors (Lipinski definition) is 7. The smallest absolute Gasteiger partial charge is 0.226 e. The van der Waals surface area contributed by atoms with E-state index < -0.39 is 6.04 Å². The molecule has 0 bridgehead atoms. The third-order valence-corrected chi connectivity index (χ3v) is 5.72. The first kappa shape index (κ1) is 19.2. The molecular weight excluding hydrogens is 396 g/mol. The van der Waals surface area contributed by atoms with Crippen LogP contribution in [0, 0.1) is 0 Å². The predicted octanol–water partition coefficient (Wildman–Crippen LogP) is 3.69. The molecule has 0 radical (unpaired) electrons. The first-order chi connectivity index (χ1) is 15.1. The van der Waals surface area contributed by atoms with Gasteiger partial charge in [0.05, 0.1) is 14.2 Å². The Labute approximate surface area is 179 Å². The third kappa shape index (κ3) is 3.20. The molecule has 3 aromatic rings. The van der Waals surface area contributed by atoms with Crippen LogP contribution >= 0.6 is 0 Å². The number of aromatic hydroxyl groups is 1. The minimum Gasteiger partial charge on any atom is -0.508 e. The summed E-state index contributed by atoms with van der Waals surface area (Å²) in [6.45, 7) is 0. The van der Waals surface area contributed by atoms with Crippen molar-refractivity contribution in [3.63, 3.8) is 0 Å². The number of nitrogens with one attached hydrogen (secondary N) is 1. The monoisotopic (exact) mass is 418 g/mol. The van der Waals surface area contributed by atoms with Gasteiger partial charge in [0.25, 0.3) is 0 Å². The number of hydrogen-bond donors (Lipinski definition) is 2. The first-order valence-corrected chi connectivity index (χ1v) is 10.1. The number of fused-ring (bicyclic) bond motifs is 1. The molecule has 1 aliphatic heterocycles. The lowest BCUT2D eigenvalue weighted by Crippen LogP contribution is -2.31. The second-order valence-corrected chi connectivity index (χ2v) is 7.56. The largest absolute Gasteiger partial charge is 0.508 e. The molecule has 2 heterocycles. The summed E-state index contributed by atoms with van der Waals surface area (Å²) in [6.07, 6.45) is 2.10. The lowest BCUT2D eigenvalue weighted by atomic mass is 9.85. The Morgan fingerprint density at radius 1 is 1.06 bits per heavy atom. The van der Waals surface area contributed by atoms with Gasteiger partial charge >= 0.3 is 0 Å². The molecule has 158 valence electrons. The van der Waals surface area contributed by atoms with E-state index in [1.54, 1.807) is 43.2 Å². The van der Waals surface area contributed by atoms with Crippen LogP contribution in [0.4, 0.5) is 5.95 Å². The van der Waals surface area contributed by atoms with Gasteiger partial charge in [0.15, 0.2) is 23.1 Å². The molecule has 8 nitrogen and oxygen atoms in total. The van der Waals surface area contributed by atoms with Gasteiger partial charge in [-0.2, -0.15) is 4.98 Å². The molecule has 2 N–H and O–H groups in total. The van der Waals surface area contributed by atoms with E-state index in [0.29, 0.717) is 35.3 Å². The van der Waals surface area contributed by atoms with E-state index in [1.165, 1.54) is 0 Å². The van der Waals surface area contributed by atoms with Crippen LogP contribution in [0.2, 0.25) is 0 Å². The number of benzene rings is 2. The summed E-state index contributed by atoms with van der Waals surface area (Å²) in [5.74, 6) is 2.59. The van der Waals surface area contributed by atoms with Gasteiger partial charge in [-0.05, 0) is 54.8 Å². The molecular formula is C23H22N4O4. The third-order valence-electron chi connectivity index (χ3n) is 5.72. The van der Waals surface area contributed by atoms with Crippen LogP contribution < -0.4 is 14.8 Å². The Morgan fingerprint density at radius 2 is 1.84 bits per heavy atom. The maximum absolute atomic E-state index is 13.0. The molecule has 0 spiro atoms. The fraction of sp³-hybridized carbons (Fsp3) is 0.261. The summed E-state index contributed by atoms with van der Waals surface area (Å²) in [5.41, 5.74) is 3.25. The Balaban J connectivity index is 1.67. The number of carbonyl (C=O) groups excluding carboxylic acids is 1. The number of phenolic OH excluding ortho intramolecular Hbond substituents is 1. The van der Waals surface area contributed by atoms with Gasteiger partial charge in [-0.15, -0.1) is 5.10 Å². The summed E-state index contributed by atoms with van der Waals surface area (Å²) in [6, 6.07) is 11.9. The Hall–Kier alpha value is -3.81. The van der Waals surface area contributed by atoms with Gasteiger partial charge < -0.3 is 19.9 Å². The first-order valence-electron chi connectivity index (χ1n) is 10.1. The molecule has 1 unspecified atom stereocenters. The van der Waals surface area contributed by atoms with Gasteiger partial charge in [-0.25, -0.2) is 4.68 Å². The lowest BCUT2D eigenvalue weighted by Gasteiger charge is -2.32. The molecule has 8 heteroatoms. The summed E-state index contributed by atoms with van der Waals surface area (Å²) in [7, 11) is 3.18. The minimum atomic E-state index is -0.419. The topological polar surface area (TPSA) is 98.5 Å². The Kier molecular flexibility index (Phi) is 4.62. The summed E-state index contributed by atoms with van der Waals surface area (Å²) < 4.78 is 12.6. The number of Topliss-reactive ketones (excluding diaryl/α,β-unsaturated/α-hetero) is 1. The summed E-state index contributed by atoms with van der Waals surface area (Å²) in [5, 5.41) is 17.7. The van der Waals surface area contributed by atoms with Crippen molar-refractivity contribution >= 4 is 11.7 Å². The molecule has 2 aromatic carbocycles. The van der Waals surface area contributed by atoms with E-state index in [0.717, 1.165) is 29.7 Å². The van der Waals surface area contributed by atoms with Crippen molar-refractivity contribution in [2.75, 3.05) is 19.5 Å². The van der Waals surface area contributed by atoms with Crippen molar-refractivity contribution in [3.05, 3.63) is 59.3 Å². The van der Waals surface area contributed by atoms with Crippen molar-refractivity contribution in [2.45, 2.75) is 25.3 Å². The lowest BCUT2D eigenvalue weighted by molar-refractivity contribution is -0.116. The molecule has 0 fully saturated rings. The summed E-state index contributed by atoms with van der Waals surface area (Å²) >= 11 is 0. The fourth-order valence-electron chi connectivity index (χ4n) is 4.22. The van der Waals surface area contributed by atoms with E-state index >= 15 is 0 Å². The standard InChI is InChI=1S/C23H22N4O4/c1-30-18-11-8-14(12-19(18)31-2)21-20-16(4-3-5-17(20)29)24-23-25-22(26-27(21)23)13-6-9-15(28)10-7-13/h6-12,21,28H,3-5H2,1-2H3,(H,24,25,26). The van der Waals surface area contributed by atoms with Crippen LogP contribution in [0.15, 0.2) is 53.7 Å². The summed E-state index contributed by atoms with van der Waals surface area (Å²) in [4.78, 5) is 17.6. The number of nitrogens with zero attached hydrogens (tertiary/aromatic N) is 3. The zero-order valence-corrected chi connectivity index (χ0v) is 17.3. The molecule has 31 heavy (non-hydrogen) atoms. The number of rotatable bonds is 4. The van der Waals surface area contributed by atoms with Crippen molar-refractivity contribution in [1.29, 1.82) is 0 Å². The maximum Gasteiger partial charge on any atom is 0.226 e. The highest BCUT2D eigenvalue weighted by Crippen LogP contribution is 2.42. The van der Waals surface area contributed by atoms with Gasteiger partial charge in [-0.1, -0.05) is 6.07 Å². The number of allylic oxidation sites excluding steroid dienone is 2. The highest BCUT2D eigenvalue weighted by atomic mass is 16.5. The van der Waals surface area contributed by atoms with Crippen molar-refractivity contribution in [3.8, 4) is 28.6 Å². The van der Waals surface area contributed by atoms with Crippen molar-refractivity contribution in [1.82, 2.24) is 14.8 Å². The SMILES string of the molecule is COc1ccc(C2C3=C(CCCC3=O)Nc3nc(-c4ccc(O)cc4)nn32)cc1OC. The van der Waals surface area contributed by atoms with E-state index in [1.807, 2.05) is 18.2 Å². The molecule has 0 amide bonds. The van der Waals surface area contributed by atoms with Crippen LogP contribution in [0.3, 0.4) is 0 Å². The average Bonchev–Trinajstić information content (AvgIpc) is 3.21. The highest BCUT2D eigenvalue weighted by Gasteiger charge is 2.37. The van der Waals surface area contributed by atoms with Gasteiger partial charge in [0.1, 0.15) is 11.8 Å². The van der Waals surface area contributed by atoms with Crippen LogP contribution in [0.25, 0.3) is 11.4 Å². The zero-order chi connectivity index (χ0) is 21.5. The van der Waals surface area contributed by atoms with E-state index in [-0.39, 0.29) is 11.5 Å². The van der Waals surface area contributed by atoms with E-state index in [9.17, 15) is 9.90 Å². The average molecular weight is 418 g/mol. The number of anilines is 1. The van der Waals surface area contributed by atoms with Crippen LogP contribution in [-0.2, 0) is 4.79 Å². The molecule has 1 aromatic heterocycles. The highest BCUT2D eigenvalue weighted by molar-refractivity contribution is 5.99. The number of aromatic nitrogens is 3. The number of carbonyl (C=O) groups is 1. The van der Waals surface area contributed by atoms with Gasteiger partial charge in [0, 0.05) is 23.3 Å². The molecule has 2 aliphatic rings. The second-order valence-electron chi connectivity index (χ2n) is 7.56. The fourth-order valence-corrected chi connectivity index (χ4v) is 4.22. The molecule has 0 saturated heterocycles. The molecule has 5 rings (SSSR count). The van der Waals surface area contributed by atoms with Gasteiger partial charge in [-0.3, -0.25) is 4.79 Å². The zero-order valence-electron chi connectivity index (χ0n) is 17.3. The molecule has 1 atom stereocenters. The van der Waals surface area contributed by atoms with E-state index in [4.69, 9.17) is 14.6 Å². The number of ether oxygens (including phenoxy) is 2. The van der Waals surface area contributed by atoms with Gasteiger partial charge in [0.2, 0.25) is 5.95 Å². The van der Waals surface area contributed by atoms with E-state index in [2.05, 4.69) is 10.3 Å². The Bertz CT molecular complexity index is 1200. The normalized spacial score (nSPS) is 17.6. The number of methoxy groups -OCH3 is 2. The predicted molar refractivity (Wildman–Crippen MR) is 114 cm³/mol. The van der Waals surface area contributed by atoms with Crippen LogP contribution in [0.5, 0.6) is 17.2 Å². The molecule has 0 saturated carbocycles. The van der Waals surface area contributed by atoms with Crippen LogP contribution in [0.1, 0.15) is 30.9 Å².